The van der Waals surface area contributed by atoms with E-state index in [9.17, 15) is 4.79 Å². The molecule has 0 N–H and O–H groups in total. The predicted molar refractivity (Wildman–Crippen MR) is 113 cm³/mol. The van der Waals surface area contributed by atoms with Gasteiger partial charge >= 0.3 is 5.97 Å². The molecule has 0 bridgehead atoms. The summed E-state index contributed by atoms with van der Waals surface area (Å²) in [7, 11) is 0. The lowest BCUT2D eigenvalue weighted by Crippen LogP contribution is -2.45. The molecule has 0 radical (unpaired) electrons. The normalized spacial score (nSPS) is 25.0. The molecule has 0 aromatic carbocycles. The first-order valence-electron chi connectivity index (χ1n) is 10.7. The van der Waals surface area contributed by atoms with Gasteiger partial charge in [0.05, 0.1) is 25.2 Å². The van der Waals surface area contributed by atoms with E-state index in [2.05, 4.69) is 53.6 Å². The first kappa shape index (κ1) is 24.2. The Balaban J connectivity index is 2.89. The monoisotopic (exact) mass is 380 g/mol. The molecule has 1 aliphatic heterocycles. The molecule has 0 amide bonds. The third kappa shape index (κ3) is 7.99. The highest BCUT2D eigenvalue weighted by molar-refractivity contribution is 6.67. The Morgan fingerprint density at radius 1 is 1.11 bits per heavy atom. The Morgan fingerprint density at radius 3 is 2.15 bits per heavy atom. The van der Waals surface area contributed by atoms with E-state index < -0.39 is 5.79 Å². The minimum absolute atomic E-state index is 0.0469. The van der Waals surface area contributed by atoms with Crippen molar-refractivity contribution in [1.82, 2.24) is 0 Å². The molecule has 27 heavy (non-hydrogen) atoms. The van der Waals surface area contributed by atoms with E-state index in [0.29, 0.717) is 43.2 Å². The third-order valence-electron chi connectivity index (χ3n) is 5.95. The van der Waals surface area contributed by atoms with Crippen molar-refractivity contribution >= 4 is 12.7 Å². The van der Waals surface area contributed by atoms with E-state index in [1.54, 1.807) is 0 Å². The molecule has 5 heteroatoms. The quantitative estimate of drug-likeness (QED) is 0.390. The maximum Gasteiger partial charge on any atom is 0.308 e. The average Bonchev–Trinajstić information content (AvgIpc) is 2.52. The summed E-state index contributed by atoms with van der Waals surface area (Å²) in [6, 6.07) is 0. The van der Waals surface area contributed by atoms with E-state index in [0.717, 1.165) is 0 Å². The Hall–Kier alpha value is -0.805. The maximum absolute atomic E-state index is 11.9. The Labute approximate surface area is 167 Å². The largest absolute Gasteiger partial charge is 0.466 e. The Bertz CT molecular complexity index is 473. The van der Waals surface area contributed by atoms with Gasteiger partial charge in [-0.1, -0.05) is 71.1 Å². The molecule has 3 unspecified atom stereocenters. The summed E-state index contributed by atoms with van der Waals surface area (Å²) in [6.45, 7) is 20.4. The smallest absolute Gasteiger partial charge is 0.308 e. The number of carbonyl (C=O) groups is 1. The molecule has 0 aromatic heterocycles. The molecular weight excluding hydrogens is 339 g/mol. The van der Waals surface area contributed by atoms with Gasteiger partial charge in [-0.2, -0.15) is 0 Å². The molecular formula is C22H41BO4. The lowest BCUT2D eigenvalue weighted by molar-refractivity contribution is -0.290. The lowest BCUT2D eigenvalue weighted by atomic mass is 9.31. The maximum atomic E-state index is 11.9. The number of esters is 1. The first-order chi connectivity index (χ1) is 12.5. The van der Waals surface area contributed by atoms with Gasteiger partial charge < -0.3 is 14.2 Å². The molecule has 1 saturated heterocycles. The highest BCUT2D eigenvalue weighted by atomic mass is 16.7. The zero-order valence-corrected chi connectivity index (χ0v) is 19.0. The van der Waals surface area contributed by atoms with Crippen molar-refractivity contribution in [2.45, 2.75) is 105 Å². The van der Waals surface area contributed by atoms with E-state index in [-0.39, 0.29) is 24.6 Å². The van der Waals surface area contributed by atoms with Crippen LogP contribution in [0, 0.1) is 11.8 Å². The minimum atomic E-state index is -0.701. The molecule has 1 rings (SSSR count). The van der Waals surface area contributed by atoms with Gasteiger partial charge in [0.15, 0.2) is 12.5 Å². The number of ether oxygens (including phenoxy) is 3. The van der Waals surface area contributed by atoms with Crippen molar-refractivity contribution in [1.29, 1.82) is 0 Å². The molecule has 4 nitrogen and oxygen atoms in total. The lowest BCUT2D eigenvalue weighted by Gasteiger charge is -2.40. The van der Waals surface area contributed by atoms with Crippen LogP contribution in [0.2, 0.25) is 11.6 Å². The fourth-order valence-electron chi connectivity index (χ4n) is 3.77. The molecule has 156 valence electrons. The van der Waals surface area contributed by atoms with E-state index in [4.69, 9.17) is 14.2 Å². The SMILES string of the molecule is CCOC(=O)C[C@H]1CC(/C=C/B(C(C)C(C)C)C(C)C(C)C)OC(C)(C)O1. The van der Waals surface area contributed by atoms with Crippen molar-refractivity contribution in [3.05, 3.63) is 12.1 Å². The van der Waals surface area contributed by atoms with Gasteiger partial charge in [0.1, 0.15) is 0 Å². The van der Waals surface area contributed by atoms with Crippen molar-refractivity contribution in [2.24, 2.45) is 11.8 Å². The third-order valence-corrected chi connectivity index (χ3v) is 5.95. The van der Waals surface area contributed by atoms with E-state index >= 15 is 0 Å². The predicted octanol–water partition coefficient (Wildman–Crippen LogP) is 5.53. The zero-order chi connectivity index (χ0) is 20.8. The first-order valence-corrected chi connectivity index (χ1v) is 10.7. The molecule has 0 saturated carbocycles. The molecule has 1 aliphatic rings. The van der Waals surface area contributed by atoms with E-state index in [1.165, 1.54) is 0 Å². The van der Waals surface area contributed by atoms with Crippen LogP contribution in [0.25, 0.3) is 0 Å². The summed E-state index contributed by atoms with van der Waals surface area (Å²) in [5.41, 5.74) is 0. The fraction of sp³-hybridized carbons (Fsp3) is 0.864. The summed E-state index contributed by atoms with van der Waals surface area (Å²) < 4.78 is 17.1. The van der Waals surface area contributed by atoms with Crippen LogP contribution >= 0.6 is 0 Å². The second-order valence-electron chi connectivity index (χ2n) is 9.21. The molecule has 0 spiro atoms. The van der Waals surface area contributed by atoms with Gasteiger partial charge in [-0.25, -0.2) is 0 Å². The fourth-order valence-corrected chi connectivity index (χ4v) is 3.77. The van der Waals surface area contributed by atoms with Gasteiger partial charge in [-0.3, -0.25) is 4.79 Å². The summed E-state index contributed by atoms with van der Waals surface area (Å²) in [6.07, 6.45) is 2.93. The second kappa shape index (κ2) is 10.7. The van der Waals surface area contributed by atoms with Crippen LogP contribution in [0.15, 0.2) is 12.1 Å². The number of rotatable bonds is 9. The second-order valence-corrected chi connectivity index (χ2v) is 9.21. The van der Waals surface area contributed by atoms with Crippen LogP contribution < -0.4 is 0 Å². The molecule has 1 fully saturated rings. The summed E-state index contributed by atoms with van der Waals surface area (Å²) in [5, 5.41) is 0. The van der Waals surface area contributed by atoms with Crippen molar-refractivity contribution in [3.8, 4) is 0 Å². The summed E-state index contributed by atoms with van der Waals surface area (Å²) >= 11 is 0. The van der Waals surface area contributed by atoms with E-state index in [1.807, 2.05) is 20.8 Å². The topological polar surface area (TPSA) is 44.8 Å². The highest BCUT2D eigenvalue weighted by Crippen LogP contribution is 2.34. The average molecular weight is 380 g/mol. The van der Waals surface area contributed by atoms with Crippen LogP contribution in [0.5, 0.6) is 0 Å². The minimum Gasteiger partial charge on any atom is -0.466 e. The van der Waals surface area contributed by atoms with Crippen molar-refractivity contribution < 1.29 is 19.0 Å². The number of hydrogen-bond acceptors (Lipinski definition) is 4. The summed E-state index contributed by atoms with van der Waals surface area (Å²) in [5.74, 6) is 3.90. The van der Waals surface area contributed by atoms with Crippen molar-refractivity contribution in [2.75, 3.05) is 6.61 Å². The number of carbonyl (C=O) groups excluding carboxylic acids is 1. The standard InChI is InChI=1S/C22H41BO4/c1-10-25-21(24)14-20-13-19(26-22(8,9)27-20)11-12-23(17(6)15(2)3)18(7)16(4)5/h11-12,15-20H,10,13-14H2,1-9H3/b12-11+/t17?,18?,19?,20-/m1/s1. The van der Waals surface area contributed by atoms with Crippen LogP contribution in [-0.2, 0) is 19.0 Å². The highest BCUT2D eigenvalue weighted by Gasteiger charge is 2.36. The molecule has 0 aliphatic carbocycles. The molecule has 0 aromatic rings. The zero-order valence-electron chi connectivity index (χ0n) is 19.0. The van der Waals surface area contributed by atoms with Gasteiger partial charge in [0, 0.05) is 6.42 Å². The molecule has 4 atom stereocenters. The van der Waals surface area contributed by atoms with Crippen molar-refractivity contribution in [3.63, 3.8) is 0 Å². The summed E-state index contributed by atoms with van der Waals surface area (Å²) in [4.78, 5) is 11.9. The van der Waals surface area contributed by atoms with Gasteiger partial charge in [0.2, 0.25) is 0 Å². The van der Waals surface area contributed by atoms with Gasteiger partial charge in [-0.05, 0) is 20.8 Å². The molecule has 1 heterocycles. The van der Waals surface area contributed by atoms with Gasteiger partial charge in [0.25, 0.3) is 0 Å². The van der Waals surface area contributed by atoms with Crippen LogP contribution in [0.4, 0.5) is 0 Å². The van der Waals surface area contributed by atoms with Crippen LogP contribution in [0.3, 0.4) is 0 Å². The number of hydrogen-bond donors (Lipinski definition) is 0. The Morgan fingerprint density at radius 2 is 1.67 bits per heavy atom. The van der Waals surface area contributed by atoms with Gasteiger partial charge in [-0.15, -0.1) is 5.98 Å². The van der Waals surface area contributed by atoms with Crippen LogP contribution in [0.1, 0.15) is 75.2 Å². The van der Waals surface area contributed by atoms with Crippen LogP contribution in [-0.4, -0.2) is 37.3 Å². The Kier molecular flexibility index (Phi) is 9.57.